The molecule has 0 amide bonds. The average molecular weight is 497 g/mol. The second-order valence-electron chi connectivity index (χ2n) is 7.84. The standard InChI is InChI=1S/C27H24N6O2S/c1-20(31-27(30-19-28)32-23-15-17-29-18-16-23)21-11-13-24(14-12-21)33-36(34,35)26-10-6-5-9-25(26)22-7-3-2-4-8-22/h2-18,20,33H,1H3,(H2,29,30,31,32). The molecule has 0 aliphatic rings. The maximum atomic E-state index is 13.2. The van der Waals surface area contributed by atoms with Gasteiger partial charge in [-0.05, 0) is 48.4 Å². The van der Waals surface area contributed by atoms with E-state index in [1.165, 1.54) is 0 Å². The third-order valence-corrected chi connectivity index (χ3v) is 6.79. The van der Waals surface area contributed by atoms with Crippen LogP contribution in [0.25, 0.3) is 11.1 Å². The van der Waals surface area contributed by atoms with Gasteiger partial charge in [-0.1, -0.05) is 60.7 Å². The van der Waals surface area contributed by atoms with E-state index in [9.17, 15) is 8.42 Å². The van der Waals surface area contributed by atoms with E-state index in [1.807, 2.05) is 49.5 Å². The molecule has 0 fully saturated rings. The Morgan fingerprint density at radius 1 is 0.889 bits per heavy atom. The molecule has 1 aromatic heterocycles. The third-order valence-electron chi connectivity index (χ3n) is 5.35. The van der Waals surface area contributed by atoms with Gasteiger partial charge in [-0.2, -0.15) is 5.26 Å². The van der Waals surface area contributed by atoms with Gasteiger partial charge in [0.25, 0.3) is 10.0 Å². The summed E-state index contributed by atoms with van der Waals surface area (Å²) in [7, 11) is -3.82. The maximum Gasteiger partial charge on any atom is 0.262 e. The molecule has 36 heavy (non-hydrogen) atoms. The molecule has 0 aliphatic carbocycles. The van der Waals surface area contributed by atoms with Crippen LogP contribution in [0.1, 0.15) is 18.5 Å². The van der Waals surface area contributed by atoms with Crippen molar-refractivity contribution in [2.75, 3.05) is 10.0 Å². The second kappa shape index (κ2) is 11.2. The lowest BCUT2D eigenvalue weighted by Gasteiger charge is -2.14. The number of nitrogens with zero attached hydrogens (tertiary/aromatic N) is 3. The Hall–Kier alpha value is -4.68. The monoisotopic (exact) mass is 496 g/mol. The van der Waals surface area contributed by atoms with Gasteiger partial charge < -0.3 is 5.32 Å². The molecule has 3 N–H and O–H groups in total. The Morgan fingerprint density at radius 3 is 2.25 bits per heavy atom. The highest BCUT2D eigenvalue weighted by molar-refractivity contribution is 7.92. The minimum Gasteiger partial charge on any atom is -0.325 e. The number of aliphatic imine (C=N–C) groups is 1. The highest BCUT2D eigenvalue weighted by atomic mass is 32.2. The van der Waals surface area contributed by atoms with Crippen LogP contribution < -0.4 is 15.4 Å². The molecule has 3 aromatic carbocycles. The highest BCUT2D eigenvalue weighted by Gasteiger charge is 2.19. The molecule has 180 valence electrons. The Labute approximate surface area is 210 Å². The van der Waals surface area contributed by atoms with Crippen LogP contribution in [0.4, 0.5) is 11.4 Å². The number of aromatic nitrogens is 1. The van der Waals surface area contributed by atoms with E-state index in [0.29, 0.717) is 17.2 Å². The summed E-state index contributed by atoms with van der Waals surface area (Å²) in [6, 6.07) is 26.5. The molecular formula is C27H24N6O2S. The Balaban J connectivity index is 1.52. The number of hydrogen-bond donors (Lipinski definition) is 3. The molecule has 0 radical (unpaired) electrons. The molecule has 1 atom stereocenters. The molecule has 4 aromatic rings. The van der Waals surface area contributed by atoms with Gasteiger partial charge in [-0.25, -0.2) is 13.4 Å². The van der Waals surface area contributed by atoms with Gasteiger partial charge in [0.1, 0.15) is 0 Å². The number of guanidine groups is 1. The molecule has 9 heteroatoms. The van der Waals surface area contributed by atoms with E-state index in [4.69, 9.17) is 5.26 Å². The van der Waals surface area contributed by atoms with Gasteiger partial charge in [-0.15, -0.1) is 0 Å². The average Bonchev–Trinajstić information content (AvgIpc) is 2.90. The molecule has 0 saturated heterocycles. The first-order valence-corrected chi connectivity index (χ1v) is 12.6. The van der Waals surface area contributed by atoms with Crippen LogP contribution in [0.15, 0.2) is 113 Å². The predicted molar refractivity (Wildman–Crippen MR) is 142 cm³/mol. The van der Waals surface area contributed by atoms with Crippen molar-refractivity contribution in [1.29, 1.82) is 5.26 Å². The van der Waals surface area contributed by atoms with E-state index >= 15 is 0 Å². The predicted octanol–water partition coefficient (Wildman–Crippen LogP) is 5.15. The van der Waals surface area contributed by atoms with Crippen molar-refractivity contribution in [3.05, 3.63) is 109 Å². The van der Waals surface area contributed by atoms with Crippen molar-refractivity contribution in [1.82, 2.24) is 10.3 Å². The minimum absolute atomic E-state index is 0.202. The van der Waals surface area contributed by atoms with Gasteiger partial charge in [0, 0.05) is 29.3 Å². The van der Waals surface area contributed by atoms with Crippen LogP contribution in [0.5, 0.6) is 0 Å². The van der Waals surface area contributed by atoms with Gasteiger partial charge in [0.05, 0.1) is 10.9 Å². The molecule has 0 saturated carbocycles. The number of anilines is 2. The summed E-state index contributed by atoms with van der Waals surface area (Å²) in [5.74, 6) is 0.290. The molecule has 1 heterocycles. The Bertz CT molecular complexity index is 1480. The normalized spacial score (nSPS) is 12.3. The van der Waals surface area contributed by atoms with Crippen LogP contribution in [-0.4, -0.2) is 19.4 Å². The summed E-state index contributed by atoms with van der Waals surface area (Å²) in [5, 5.41) is 14.7. The van der Waals surface area contributed by atoms with Crippen molar-refractivity contribution in [2.45, 2.75) is 17.9 Å². The molecule has 0 aliphatic heterocycles. The largest absolute Gasteiger partial charge is 0.325 e. The molecule has 0 bridgehead atoms. The van der Waals surface area contributed by atoms with Crippen LogP contribution in [0.3, 0.4) is 0 Å². The van der Waals surface area contributed by atoms with Gasteiger partial charge in [-0.3, -0.25) is 15.0 Å². The molecule has 4 rings (SSSR count). The zero-order valence-corrected chi connectivity index (χ0v) is 20.3. The fourth-order valence-corrected chi connectivity index (χ4v) is 4.88. The number of benzene rings is 3. The van der Waals surface area contributed by atoms with E-state index in [-0.39, 0.29) is 10.9 Å². The summed E-state index contributed by atoms with van der Waals surface area (Å²) >= 11 is 0. The van der Waals surface area contributed by atoms with Crippen LogP contribution in [-0.2, 0) is 10.0 Å². The Morgan fingerprint density at radius 2 is 1.56 bits per heavy atom. The van der Waals surface area contributed by atoms with Crippen molar-refractivity contribution < 1.29 is 8.42 Å². The third kappa shape index (κ3) is 6.05. The van der Waals surface area contributed by atoms with Gasteiger partial charge >= 0.3 is 0 Å². The number of pyridine rings is 1. The molecule has 0 spiro atoms. The molecule has 1 unspecified atom stereocenters. The lowest BCUT2D eigenvalue weighted by Crippen LogP contribution is -2.27. The summed E-state index contributed by atoms with van der Waals surface area (Å²) in [5.41, 5.74) is 3.46. The van der Waals surface area contributed by atoms with Crippen LogP contribution in [0, 0.1) is 11.5 Å². The SMILES string of the molecule is CC(N=C(NC#N)Nc1ccncc1)c1ccc(NS(=O)(=O)c2ccccc2-c2ccccc2)cc1. The summed E-state index contributed by atoms with van der Waals surface area (Å²) < 4.78 is 29.1. The van der Waals surface area contributed by atoms with Gasteiger partial charge in [0.2, 0.25) is 5.96 Å². The van der Waals surface area contributed by atoms with E-state index in [1.54, 1.807) is 67.0 Å². The van der Waals surface area contributed by atoms with Crippen molar-refractivity contribution in [3.8, 4) is 17.3 Å². The number of nitriles is 1. The number of nitrogens with one attached hydrogen (secondary N) is 3. The quantitative estimate of drug-likeness (QED) is 0.141. The van der Waals surface area contributed by atoms with Crippen molar-refractivity contribution in [2.24, 2.45) is 4.99 Å². The Kier molecular flexibility index (Phi) is 7.58. The lowest BCUT2D eigenvalue weighted by atomic mass is 10.1. The molecular weight excluding hydrogens is 472 g/mol. The first-order valence-electron chi connectivity index (χ1n) is 11.1. The summed E-state index contributed by atoms with van der Waals surface area (Å²) in [6.07, 6.45) is 5.14. The minimum atomic E-state index is -3.82. The number of rotatable bonds is 7. The van der Waals surface area contributed by atoms with Crippen LogP contribution >= 0.6 is 0 Å². The first kappa shape index (κ1) is 24.4. The topological polar surface area (TPSA) is 119 Å². The second-order valence-corrected chi connectivity index (χ2v) is 9.49. The smallest absolute Gasteiger partial charge is 0.262 e. The zero-order valence-electron chi connectivity index (χ0n) is 19.5. The number of hydrogen-bond acceptors (Lipinski definition) is 5. The lowest BCUT2D eigenvalue weighted by molar-refractivity contribution is 0.601. The zero-order chi connectivity index (χ0) is 25.4. The fourth-order valence-electron chi connectivity index (χ4n) is 3.59. The highest BCUT2D eigenvalue weighted by Crippen LogP contribution is 2.29. The van der Waals surface area contributed by atoms with Gasteiger partial charge in [0.15, 0.2) is 6.19 Å². The van der Waals surface area contributed by atoms with Crippen LogP contribution in [0.2, 0.25) is 0 Å². The van der Waals surface area contributed by atoms with Crippen molar-refractivity contribution >= 4 is 27.4 Å². The van der Waals surface area contributed by atoms with E-state index in [2.05, 4.69) is 25.3 Å². The first-order chi connectivity index (χ1) is 17.5. The summed E-state index contributed by atoms with van der Waals surface area (Å²) in [6.45, 7) is 1.88. The fraction of sp³-hybridized carbons (Fsp3) is 0.0741. The maximum absolute atomic E-state index is 13.2. The summed E-state index contributed by atoms with van der Waals surface area (Å²) in [4.78, 5) is 8.71. The van der Waals surface area contributed by atoms with Crippen molar-refractivity contribution in [3.63, 3.8) is 0 Å². The van der Waals surface area contributed by atoms with E-state index < -0.39 is 10.0 Å². The number of sulfonamides is 1. The van der Waals surface area contributed by atoms with E-state index in [0.717, 1.165) is 16.8 Å². The molecule has 8 nitrogen and oxygen atoms in total.